The number of fused-ring (bicyclic) bond motifs is 1. The van der Waals surface area contributed by atoms with Gasteiger partial charge in [-0.25, -0.2) is 4.39 Å². The van der Waals surface area contributed by atoms with Crippen molar-refractivity contribution in [3.05, 3.63) is 53.3 Å². The van der Waals surface area contributed by atoms with Gasteiger partial charge >= 0.3 is 0 Å². The van der Waals surface area contributed by atoms with Crippen LogP contribution in [-0.2, 0) is 6.42 Å². The lowest BCUT2D eigenvalue weighted by atomic mass is 9.93. The molecule has 0 aromatic heterocycles. The van der Waals surface area contributed by atoms with Gasteiger partial charge in [0.25, 0.3) is 0 Å². The number of nitrogens with one attached hydrogen (secondary N) is 2. The molecular formula is C16H18ClFN2O2. The number of benzene rings is 2. The lowest BCUT2D eigenvalue weighted by molar-refractivity contribution is 0.399. The minimum atomic E-state index is -0.262. The summed E-state index contributed by atoms with van der Waals surface area (Å²) in [5, 5.41) is 25.9. The Hall–Kier alpha value is -1.98. The van der Waals surface area contributed by atoms with Crippen molar-refractivity contribution in [3.8, 4) is 11.5 Å². The van der Waals surface area contributed by atoms with Crippen LogP contribution in [0.4, 0.5) is 10.1 Å². The van der Waals surface area contributed by atoms with Gasteiger partial charge in [0.2, 0.25) is 0 Å². The van der Waals surface area contributed by atoms with Crippen LogP contribution in [0.5, 0.6) is 11.5 Å². The molecule has 0 fully saturated rings. The Kier molecular flexibility index (Phi) is 5.11. The molecular weight excluding hydrogens is 307 g/mol. The SMILES string of the molecule is Cl.Oc1cc2c(cc1O)C(CNc1ccc(F)cc1)NCC2. The number of hydrogen-bond acceptors (Lipinski definition) is 4. The largest absolute Gasteiger partial charge is 0.504 e. The molecule has 0 bridgehead atoms. The van der Waals surface area contributed by atoms with Crippen molar-refractivity contribution in [2.75, 3.05) is 18.4 Å². The van der Waals surface area contributed by atoms with Crippen LogP contribution in [0.25, 0.3) is 0 Å². The Balaban J connectivity index is 0.00000176. The van der Waals surface area contributed by atoms with Gasteiger partial charge in [0.15, 0.2) is 11.5 Å². The third-order valence-corrected chi connectivity index (χ3v) is 3.75. The zero-order valence-electron chi connectivity index (χ0n) is 11.8. The lowest BCUT2D eigenvalue weighted by Crippen LogP contribution is -2.34. The molecule has 3 rings (SSSR count). The second-order valence-corrected chi connectivity index (χ2v) is 5.18. The maximum absolute atomic E-state index is 12.9. The minimum absolute atomic E-state index is 0. The Morgan fingerprint density at radius 1 is 1.14 bits per heavy atom. The van der Waals surface area contributed by atoms with E-state index in [1.165, 1.54) is 12.1 Å². The molecule has 0 radical (unpaired) electrons. The van der Waals surface area contributed by atoms with E-state index in [1.54, 1.807) is 24.3 Å². The maximum atomic E-state index is 12.9. The van der Waals surface area contributed by atoms with Crippen LogP contribution in [0.15, 0.2) is 36.4 Å². The predicted octanol–water partition coefficient (Wildman–Crippen LogP) is 2.96. The third kappa shape index (κ3) is 3.43. The van der Waals surface area contributed by atoms with Gasteiger partial charge in [0, 0.05) is 18.3 Å². The number of hydrogen-bond donors (Lipinski definition) is 4. The highest BCUT2D eigenvalue weighted by molar-refractivity contribution is 5.85. The molecule has 4 N–H and O–H groups in total. The standard InChI is InChI=1S/C16H17FN2O2.ClH/c17-11-1-3-12(4-2-11)19-9-14-13-8-16(21)15(20)7-10(13)5-6-18-14;/h1-4,7-8,14,18-21H,5-6,9H2;1H. The summed E-state index contributed by atoms with van der Waals surface area (Å²) in [6.45, 7) is 1.43. The van der Waals surface area contributed by atoms with E-state index in [-0.39, 0.29) is 35.8 Å². The molecule has 22 heavy (non-hydrogen) atoms. The van der Waals surface area contributed by atoms with Crippen molar-refractivity contribution >= 4 is 18.1 Å². The van der Waals surface area contributed by atoms with Crippen molar-refractivity contribution in [3.63, 3.8) is 0 Å². The number of phenols is 2. The Morgan fingerprint density at radius 2 is 1.82 bits per heavy atom. The Morgan fingerprint density at radius 3 is 2.55 bits per heavy atom. The zero-order chi connectivity index (χ0) is 14.8. The summed E-state index contributed by atoms with van der Waals surface area (Å²) in [5.74, 6) is -0.452. The molecule has 0 aliphatic carbocycles. The highest BCUT2D eigenvalue weighted by Crippen LogP contribution is 2.33. The normalized spacial score (nSPS) is 16.5. The van der Waals surface area contributed by atoms with Crippen molar-refractivity contribution in [1.29, 1.82) is 0 Å². The maximum Gasteiger partial charge on any atom is 0.157 e. The summed E-state index contributed by atoms with van der Waals surface area (Å²) in [5.41, 5.74) is 2.86. The molecule has 2 aromatic carbocycles. The van der Waals surface area contributed by atoms with E-state index in [4.69, 9.17) is 0 Å². The number of halogens is 2. The van der Waals surface area contributed by atoms with Crippen molar-refractivity contribution in [2.24, 2.45) is 0 Å². The molecule has 1 aliphatic rings. The van der Waals surface area contributed by atoms with Crippen LogP contribution in [0, 0.1) is 5.82 Å². The lowest BCUT2D eigenvalue weighted by Gasteiger charge is -2.28. The molecule has 1 atom stereocenters. The Labute approximate surface area is 134 Å². The first-order chi connectivity index (χ1) is 10.1. The van der Waals surface area contributed by atoms with Crippen LogP contribution in [0.3, 0.4) is 0 Å². The number of rotatable bonds is 3. The van der Waals surface area contributed by atoms with Gasteiger partial charge in [0.1, 0.15) is 5.82 Å². The summed E-state index contributed by atoms with van der Waals surface area (Å²) in [6.07, 6.45) is 0.816. The molecule has 0 amide bonds. The van der Waals surface area contributed by atoms with Gasteiger partial charge < -0.3 is 20.8 Å². The molecule has 118 valence electrons. The van der Waals surface area contributed by atoms with Gasteiger partial charge in [-0.2, -0.15) is 0 Å². The fraction of sp³-hybridized carbons (Fsp3) is 0.250. The van der Waals surface area contributed by atoms with E-state index < -0.39 is 0 Å². The smallest absolute Gasteiger partial charge is 0.157 e. The average Bonchev–Trinajstić information content (AvgIpc) is 2.48. The summed E-state index contributed by atoms with van der Waals surface area (Å²) in [4.78, 5) is 0. The van der Waals surface area contributed by atoms with Gasteiger partial charge in [-0.05, 0) is 60.5 Å². The molecule has 4 nitrogen and oxygen atoms in total. The van der Waals surface area contributed by atoms with Crippen LogP contribution in [0.2, 0.25) is 0 Å². The van der Waals surface area contributed by atoms with Gasteiger partial charge in [-0.3, -0.25) is 0 Å². The monoisotopic (exact) mass is 324 g/mol. The fourth-order valence-corrected chi connectivity index (χ4v) is 2.64. The third-order valence-electron chi connectivity index (χ3n) is 3.75. The first-order valence-electron chi connectivity index (χ1n) is 6.91. The van der Waals surface area contributed by atoms with E-state index in [2.05, 4.69) is 10.6 Å². The number of aromatic hydroxyl groups is 2. The summed E-state index contributed by atoms with van der Waals surface area (Å²) >= 11 is 0. The first-order valence-corrected chi connectivity index (χ1v) is 6.91. The Bertz CT molecular complexity index is 649. The van der Waals surface area contributed by atoms with Crippen LogP contribution >= 0.6 is 12.4 Å². The van der Waals surface area contributed by atoms with E-state index in [0.29, 0.717) is 6.54 Å². The van der Waals surface area contributed by atoms with Crippen molar-refractivity contribution in [1.82, 2.24) is 5.32 Å². The van der Waals surface area contributed by atoms with E-state index >= 15 is 0 Å². The topological polar surface area (TPSA) is 64.5 Å². The average molecular weight is 325 g/mol. The molecule has 0 spiro atoms. The summed E-state index contributed by atoms with van der Waals surface area (Å²) < 4.78 is 12.9. The van der Waals surface area contributed by atoms with E-state index in [0.717, 1.165) is 29.8 Å². The van der Waals surface area contributed by atoms with Gasteiger partial charge in [-0.1, -0.05) is 0 Å². The second-order valence-electron chi connectivity index (χ2n) is 5.18. The number of phenolic OH excluding ortho intramolecular Hbond substituents is 2. The summed E-state index contributed by atoms with van der Waals surface area (Å²) in [6, 6.07) is 9.46. The van der Waals surface area contributed by atoms with E-state index in [1.807, 2.05) is 0 Å². The molecule has 0 saturated carbocycles. The minimum Gasteiger partial charge on any atom is -0.504 e. The van der Waals surface area contributed by atoms with Gasteiger partial charge in [-0.15, -0.1) is 12.4 Å². The van der Waals surface area contributed by atoms with E-state index in [9.17, 15) is 14.6 Å². The second kappa shape index (κ2) is 6.85. The zero-order valence-corrected chi connectivity index (χ0v) is 12.7. The van der Waals surface area contributed by atoms with Crippen LogP contribution in [-0.4, -0.2) is 23.3 Å². The molecule has 6 heteroatoms. The molecule has 2 aromatic rings. The fourth-order valence-electron chi connectivity index (χ4n) is 2.64. The first kappa shape index (κ1) is 16.4. The molecule has 1 aliphatic heterocycles. The highest BCUT2D eigenvalue weighted by Gasteiger charge is 2.21. The predicted molar refractivity (Wildman–Crippen MR) is 86.4 cm³/mol. The molecule has 1 unspecified atom stereocenters. The quantitative estimate of drug-likeness (QED) is 0.655. The van der Waals surface area contributed by atoms with Crippen LogP contribution < -0.4 is 10.6 Å². The highest BCUT2D eigenvalue weighted by atomic mass is 35.5. The number of anilines is 1. The molecule has 1 heterocycles. The van der Waals surface area contributed by atoms with Crippen molar-refractivity contribution < 1.29 is 14.6 Å². The summed E-state index contributed by atoms with van der Waals surface area (Å²) in [7, 11) is 0. The van der Waals surface area contributed by atoms with Crippen LogP contribution in [0.1, 0.15) is 17.2 Å². The van der Waals surface area contributed by atoms with Gasteiger partial charge in [0.05, 0.1) is 0 Å². The molecule has 0 saturated heterocycles. The van der Waals surface area contributed by atoms with Crippen molar-refractivity contribution in [2.45, 2.75) is 12.5 Å².